The number of carbonyl (C=O) groups is 1. The first-order valence-corrected chi connectivity index (χ1v) is 8.46. The van der Waals surface area contributed by atoms with Crippen LogP contribution in [0.25, 0.3) is 0 Å². The third kappa shape index (κ3) is 3.98. The van der Waals surface area contributed by atoms with E-state index in [0.717, 1.165) is 61.0 Å². The van der Waals surface area contributed by atoms with E-state index in [0.29, 0.717) is 5.92 Å². The minimum absolute atomic E-state index is 0.0235. The highest BCUT2D eigenvalue weighted by molar-refractivity contribution is 9.09. The van der Waals surface area contributed by atoms with Crippen molar-refractivity contribution in [3.63, 3.8) is 0 Å². The number of carbonyl (C=O) groups excluding carboxylic acids is 1. The standard InChI is InChI=1S/C16H22BrNO2/c1-2-3-12(6-8-17)11-18-16(19)14-4-5-15-13(10-14)7-9-20-15/h4-5,10,12H,2-3,6-9,11H2,1H3,(H,18,19). The first-order valence-electron chi connectivity index (χ1n) is 7.34. The molecule has 0 spiro atoms. The summed E-state index contributed by atoms with van der Waals surface area (Å²) in [6.07, 6.45) is 4.32. The summed E-state index contributed by atoms with van der Waals surface area (Å²) < 4.78 is 5.46. The SMILES string of the molecule is CCCC(CCBr)CNC(=O)c1ccc2c(c1)CCO2. The summed E-state index contributed by atoms with van der Waals surface area (Å²) >= 11 is 3.48. The third-order valence-corrected chi connectivity index (χ3v) is 4.18. The summed E-state index contributed by atoms with van der Waals surface area (Å²) in [5.41, 5.74) is 1.88. The van der Waals surface area contributed by atoms with Gasteiger partial charge in [-0.1, -0.05) is 29.3 Å². The van der Waals surface area contributed by atoms with Crippen molar-refractivity contribution in [2.45, 2.75) is 32.6 Å². The summed E-state index contributed by atoms with van der Waals surface area (Å²) in [5, 5.41) is 4.05. The van der Waals surface area contributed by atoms with Gasteiger partial charge in [-0.05, 0) is 42.5 Å². The van der Waals surface area contributed by atoms with Gasteiger partial charge in [-0.2, -0.15) is 0 Å². The van der Waals surface area contributed by atoms with Gasteiger partial charge < -0.3 is 10.1 Å². The molecule has 0 aliphatic carbocycles. The molecule has 0 radical (unpaired) electrons. The molecule has 1 aromatic rings. The van der Waals surface area contributed by atoms with Crippen LogP contribution < -0.4 is 10.1 Å². The van der Waals surface area contributed by atoms with Crippen molar-refractivity contribution >= 4 is 21.8 Å². The van der Waals surface area contributed by atoms with Crippen LogP contribution in [0.3, 0.4) is 0 Å². The molecule has 1 heterocycles. The van der Waals surface area contributed by atoms with Gasteiger partial charge in [-0.3, -0.25) is 4.79 Å². The average molecular weight is 340 g/mol. The first kappa shape index (κ1) is 15.4. The zero-order valence-electron chi connectivity index (χ0n) is 12.0. The maximum atomic E-state index is 12.2. The van der Waals surface area contributed by atoms with Crippen LogP contribution in [0.1, 0.15) is 42.1 Å². The van der Waals surface area contributed by atoms with E-state index in [9.17, 15) is 4.79 Å². The molecule has 0 saturated heterocycles. The van der Waals surface area contributed by atoms with Crippen LogP contribution >= 0.6 is 15.9 Å². The summed E-state index contributed by atoms with van der Waals surface area (Å²) in [6.45, 7) is 3.67. The molecule has 3 nitrogen and oxygen atoms in total. The van der Waals surface area contributed by atoms with Crippen LogP contribution in [0.15, 0.2) is 18.2 Å². The number of hydrogen-bond acceptors (Lipinski definition) is 2. The van der Waals surface area contributed by atoms with Crippen molar-refractivity contribution in [3.8, 4) is 5.75 Å². The van der Waals surface area contributed by atoms with Gasteiger partial charge >= 0.3 is 0 Å². The molecule has 4 heteroatoms. The number of hydrogen-bond donors (Lipinski definition) is 1. The molecule has 0 fully saturated rings. The van der Waals surface area contributed by atoms with Gasteiger partial charge in [0.15, 0.2) is 0 Å². The smallest absolute Gasteiger partial charge is 0.251 e. The number of benzene rings is 1. The molecule has 1 aliphatic heterocycles. The van der Waals surface area contributed by atoms with Gasteiger partial charge in [0, 0.05) is 23.9 Å². The largest absolute Gasteiger partial charge is 0.493 e. The van der Waals surface area contributed by atoms with Crippen molar-refractivity contribution in [3.05, 3.63) is 29.3 Å². The number of fused-ring (bicyclic) bond motifs is 1. The molecule has 1 unspecified atom stereocenters. The Kier molecular flexibility index (Phi) is 5.89. The van der Waals surface area contributed by atoms with E-state index in [1.807, 2.05) is 18.2 Å². The van der Waals surface area contributed by atoms with Crippen molar-refractivity contribution in [1.29, 1.82) is 0 Å². The van der Waals surface area contributed by atoms with Crippen LogP contribution in [0.2, 0.25) is 0 Å². The lowest BCUT2D eigenvalue weighted by Gasteiger charge is -2.15. The summed E-state index contributed by atoms with van der Waals surface area (Å²) in [6, 6.07) is 5.70. The number of alkyl halides is 1. The van der Waals surface area contributed by atoms with E-state index < -0.39 is 0 Å². The van der Waals surface area contributed by atoms with E-state index in [1.54, 1.807) is 0 Å². The lowest BCUT2D eigenvalue weighted by molar-refractivity contribution is 0.0946. The normalized spacial score (nSPS) is 14.5. The molecular formula is C16H22BrNO2. The zero-order chi connectivity index (χ0) is 14.4. The predicted octanol–water partition coefficient (Wildman–Crippen LogP) is 3.55. The fourth-order valence-electron chi connectivity index (χ4n) is 2.58. The average Bonchev–Trinajstić information content (AvgIpc) is 2.92. The molecule has 20 heavy (non-hydrogen) atoms. The zero-order valence-corrected chi connectivity index (χ0v) is 13.5. The Morgan fingerprint density at radius 3 is 3.05 bits per heavy atom. The van der Waals surface area contributed by atoms with Gasteiger partial charge in [-0.25, -0.2) is 0 Å². The summed E-state index contributed by atoms with van der Waals surface area (Å²) in [5.74, 6) is 1.50. The van der Waals surface area contributed by atoms with Crippen LogP contribution in [0.5, 0.6) is 5.75 Å². The lowest BCUT2D eigenvalue weighted by Crippen LogP contribution is -2.29. The molecule has 0 bridgehead atoms. The molecule has 1 amide bonds. The molecule has 1 aromatic carbocycles. The minimum atomic E-state index is 0.0235. The predicted molar refractivity (Wildman–Crippen MR) is 84.8 cm³/mol. The number of rotatable bonds is 7. The van der Waals surface area contributed by atoms with Crippen LogP contribution in [-0.4, -0.2) is 24.4 Å². The molecule has 1 atom stereocenters. The molecule has 110 valence electrons. The quantitative estimate of drug-likeness (QED) is 0.771. The second-order valence-electron chi connectivity index (χ2n) is 5.26. The highest BCUT2D eigenvalue weighted by Crippen LogP contribution is 2.25. The summed E-state index contributed by atoms with van der Waals surface area (Å²) in [7, 11) is 0. The van der Waals surface area contributed by atoms with Crippen molar-refractivity contribution in [2.75, 3.05) is 18.5 Å². The van der Waals surface area contributed by atoms with Gasteiger partial charge in [-0.15, -0.1) is 0 Å². The third-order valence-electron chi connectivity index (χ3n) is 3.72. The second kappa shape index (κ2) is 7.67. The monoisotopic (exact) mass is 339 g/mol. The fraction of sp³-hybridized carbons (Fsp3) is 0.562. The highest BCUT2D eigenvalue weighted by atomic mass is 79.9. The molecule has 2 rings (SSSR count). The lowest BCUT2D eigenvalue weighted by atomic mass is 10.0. The van der Waals surface area contributed by atoms with Crippen molar-refractivity contribution in [2.24, 2.45) is 5.92 Å². The summed E-state index contributed by atoms with van der Waals surface area (Å²) in [4.78, 5) is 12.2. The Morgan fingerprint density at radius 1 is 1.45 bits per heavy atom. The Labute approximate surface area is 129 Å². The van der Waals surface area contributed by atoms with Crippen molar-refractivity contribution in [1.82, 2.24) is 5.32 Å². The fourth-order valence-corrected chi connectivity index (χ4v) is 3.23. The minimum Gasteiger partial charge on any atom is -0.493 e. The number of ether oxygens (including phenoxy) is 1. The maximum Gasteiger partial charge on any atom is 0.251 e. The number of amides is 1. The Hall–Kier alpha value is -1.03. The number of halogens is 1. The van der Waals surface area contributed by atoms with Gasteiger partial charge in [0.25, 0.3) is 5.91 Å². The Bertz CT molecular complexity index is 456. The van der Waals surface area contributed by atoms with Crippen molar-refractivity contribution < 1.29 is 9.53 Å². The number of nitrogens with one attached hydrogen (secondary N) is 1. The van der Waals surface area contributed by atoms with Gasteiger partial charge in [0.05, 0.1) is 6.61 Å². The molecular weight excluding hydrogens is 318 g/mol. The first-order chi connectivity index (χ1) is 9.74. The van der Waals surface area contributed by atoms with Gasteiger partial charge in [0.1, 0.15) is 5.75 Å². The van der Waals surface area contributed by atoms with E-state index >= 15 is 0 Å². The van der Waals surface area contributed by atoms with E-state index in [-0.39, 0.29) is 5.91 Å². The van der Waals surface area contributed by atoms with Crippen LogP contribution in [-0.2, 0) is 6.42 Å². The molecule has 1 N–H and O–H groups in total. The van der Waals surface area contributed by atoms with Crippen LogP contribution in [0.4, 0.5) is 0 Å². The topological polar surface area (TPSA) is 38.3 Å². The van der Waals surface area contributed by atoms with E-state index in [1.165, 1.54) is 0 Å². The highest BCUT2D eigenvalue weighted by Gasteiger charge is 2.15. The molecule has 1 aliphatic rings. The molecule has 0 saturated carbocycles. The molecule has 0 aromatic heterocycles. The van der Waals surface area contributed by atoms with Crippen LogP contribution in [0, 0.1) is 5.92 Å². The van der Waals surface area contributed by atoms with E-state index in [2.05, 4.69) is 28.2 Å². The Balaban J connectivity index is 1.91. The second-order valence-corrected chi connectivity index (χ2v) is 6.06. The Morgan fingerprint density at radius 2 is 2.30 bits per heavy atom. The van der Waals surface area contributed by atoms with E-state index in [4.69, 9.17) is 4.74 Å². The van der Waals surface area contributed by atoms with Gasteiger partial charge in [0.2, 0.25) is 0 Å². The maximum absolute atomic E-state index is 12.2.